The molecule has 0 saturated carbocycles. The predicted molar refractivity (Wildman–Crippen MR) is 87.3 cm³/mol. The van der Waals surface area contributed by atoms with Gasteiger partial charge in [-0.1, -0.05) is 17.7 Å². The third-order valence-electron chi connectivity index (χ3n) is 2.82. The van der Waals surface area contributed by atoms with Gasteiger partial charge in [-0.15, -0.1) is 0 Å². The van der Waals surface area contributed by atoms with E-state index in [4.69, 9.17) is 21.1 Å². The molecule has 0 aliphatic heterocycles. The normalized spacial score (nSPS) is 11.3. The van der Waals surface area contributed by atoms with Crippen molar-refractivity contribution >= 4 is 17.6 Å². The van der Waals surface area contributed by atoms with E-state index in [1.807, 2.05) is 19.1 Å². The lowest BCUT2D eigenvalue weighted by Gasteiger charge is -2.12. The van der Waals surface area contributed by atoms with Crippen LogP contribution in [0.15, 0.2) is 23.2 Å². The fourth-order valence-corrected chi connectivity index (χ4v) is 1.94. The number of hydrogen-bond donors (Lipinski definition) is 2. The molecule has 0 aromatic heterocycles. The molecular weight excluding hydrogens is 290 g/mol. The first-order valence-electron chi connectivity index (χ1n) is 7.04. The first-order chi connectivity index (χ1) is 10.2. The Morgan fingerprint density at radius 2 is 2.10 bits per heavy atom. The lowest BCUT2D eigenvalue weighted by molar-refractivity contribution is 0.195. The molecule has 1 aromatic rings. The van der Waals surface area contributed by atoms with Crippen LogP contribution in [-0.4, -0.2) is 39.9 Å². The van der Waals surface area contributed by atoms with Crippen LogP contribution in [0.2, 0.25) is 5.02 Å². The van der Waals surface area contributed by atoms with Crippen LogP contribution in [0.4, 0.5) is 0 Å². The number of aliphatic imine (C=N–C) groups is 1. The summed E-state index contributed by atoms with van der Waals surface area (Å²) in [6, 6.07) is 5.57. The van der Waals surface area contributed by atoms with Crippen molar-refractivity contribution in [3.05, 3.63) is 28.8 Å². The zero-order valence-electron chi connectivity index (χ0n) is 12.9. The second-order valence-electron chi connectivity index (χ2n) is 4.42. The summed E-state index contributed by atoms with van der Waals surface area (Å²) in [5.41, 5.74) is 0.996. The SMILES string of the molecule is CCNC(=NCc1ccc(Cl)cc1OC)NCCCOC. The molecule has 0 saturated heterocycles. The minimum Gasteiger partial charge on any atom is -0.496 e. The minimum absolute atomic E-state index is 0.528. The van der Waals surface area contributed by atoms with Gasteiger partial charge in [0.2, 0.25) is 0 Å². The molecule has 6 heteroatoms. The van der Waals surface area contributed by atoms with E-state index >= 15 is 0 Å². The molecule has 0 aliphatic rings. The fraction of sp³-hybridized carbons (Fsp3) is 0.533. The molecule has 118 valence electrons. The zero-order valence-corrected chi connectivity index (χ0v) is 13.7. The van der Waals surface area contributed by atoms with Crippen molar-refractivity contribution in [2.45, 2.75) is 19.9 Å². The van der Waals surface area contributed by atoms with Crippen molar-refractivity contribution in [3.63, 3.8) is 0 Å². The van der Waals surface area contributed by atoms with Crippen LogP contribution in [0.1, 0.15) is 18.9 Å². The summed E-state index contributed by atoms with van der Waals surface area (Å²) in [6.07, 6.45) is 0.936. The second-order valence-corrected chi connectivity index (χ2v) is 4.86. The third-order valence-corrected chi connectivity index (χ3v) is 3.05. The predicted octanol–water partition coefficient (Wildman–Crippen LogP) is 2.44. The zero-order chi connectivity index (χ0) is 15.5. The van der Waals surface area contributed by atoms with Crippen LogP contribution in [0.25, 0.3) is 0 Å². The quantitative estimate of drug-likeness (QED) is 0.440. The van der Waals surface area contributed by atoms with Crippen molar-refractivity contribution in [2.75, 3.05) is 33.9 Å². The maximum absolute atomic E-state index is 5.95. The third kappa shape index (κ3) is 6.69. The molecule has 0 amide bonds. The Morgan fingerprint density at radius 1 is 1.29 bits per heavy atom. The van der Waals surface area contributed by atoms with Gasteiger partial charge in [0.05, 0.1) is 13.7 Å². The van der Waals surface area contributed by atoms with Crippen molar-refractivity contribution in [1.29, 1.82) is 0 Å². The van der Waals surface area contributed by atoms with Gasteiger partial charge in [0.25, 0.3) is 0 Å². The van der Waals surface area contributed by atoms with Crippen LogP contribution >= 0.6 is 11.6 Å². The van der Waals surface area contributed by atoms with Crippen molar-refractivity contribution in [3.8, 4) is 5.75 Å². The first kappa shape index (κ1) is 17.6. The van der Waals surface area contributed by atoms with Gasteiger partial charge in [0, 0.05) is 37.4 Å². The van der Waals surface area contributed by atoms with Crippen molar-refractivity contribution < 1.29 is 9.47 Å². The van der Waals surface area contributed by atoms with E-state index < -0.39 is 0 Å². The Balaban J connectivity index is 2.64. The Hall–Kier alpha value is -1.46. The van der Waals surface area contributed by atoms with Crippen molar-refractivity contribution in [2.24, 2.45) is 4.99 Å². The second kappa shape index (κ2) is 10.3. The topological polar surface area (TPSA) is 54.9 Å². The van der Waals surface area contributed by atoms with Gasteiger partial charge in [0.1, 0.15) is 5.75 Å². The number of nitrogens with one attached hydrogen (secondary N) is 2. The molecule has 1 rings (SSSR count). The van der Waals surface area contributed by atoms with Gasteiger partial charge in [-0.2, -0.15) is 0 Å². The van der Waals surface area contributed by atoms with E-state index in [9.17, 15) is 0 Å². The number of guanidine groups is 1. The monoisotopic (exact) mass is 313 g/mol. The maximum atomic E-state index is 5.95. The molecule has 2 N–H and O–H groups in total. The molecule has 0 aliphatic carbocycles. The molecule has 0 bridgehead atoms. The molecular formula is C15H24ClN3O2. The summed E-state index contributed by atoms with van der Waals surface area (Å²) in [7, 11) is 3.33. The van der Waals surface area contributed by atoms with Crippen LogP contribution in [0.5, 0.6) is 5.75 Å². The smallest absolute Gasteiger partial charge is 0.191 e. The Bertz CT molecular complexity index is 453. The average Bonchev–Trinajstić information content (AvgIpc) is 2.49. The number of halogens is 1. The number of benzene rings is 1. The van der Waals surface area contributed by atoms with E-state index in [0.29, 0.717) is 11.6 Å². The van der Waals surface area contributed by atoms with Gasteiger partial charge >= 0.3 is 0 Å². The summed E-state index contributed by atoms with van der Waals surface area (Å²) in [6.45, 7) is 4.93. The molecule has 21 heavy (non-hydrogen) atoms. The highest BCUT2D eigenvalue weighted by molar-refractivity contribution is 6.30. The van der Waals surface area contributed by atoms with E-state index in [1.54, 1.807) is 20.3 Å². The molecule has 0 atom stereocenters. The number of methoxy groups -OCH3 is 2. The molecule has 1 aromatic carbocycles. The van der Waals surface area contributed by atoms with E-state index in [-0.39, 0.29) is 0 Å². The lowest BCUT2D eigenvalue weighted by atomic mass is 10.2. The summed E-state index contributed by atoms with van der Waals surface area (Å²) in [4.78, 5) is 4.55. The number of nitrogens with zero attached hydrogens (tertiary/aromatic N) is 1. The van der Waals surface area contributed by atoms with E-state index in [1.165, 1.54) is 0 Å². The number of hydrogen-bond acceptors (Lipinski definition) is 3. The summed E-state index contributed by atoms with van der Waals surface area (Å²) in [5, 5.41) is 7.13. The van der Waals surface area contributed by atoms with Crippen LogP contribution in [-0.2, 0) is 11.3 Å². The highest BCUT2D eigenvalue weighted by atomic mass is 35.5. The van der Waals surface area contributed by atoms with Gasteiger partial charge in [-0.25, -0.2) is 4.99 Å². The minimum atomic E-state index is 0.528. The van der Waals surface area contributed by atoms with Crippen LogP contribution in [0.3, 0.4) is 0 Å². The summed E-state index contributed by atoms with van der Waals surface area (Å²) < 4.78 is 10.3. The maximum Gasteiger partial charge on any atom is 0.191 e. The van der Waals surface area contributed by atoms with E-state index in [2.05, 4.69) is 15.6 Å². The first-order valence-corrected chi connectivity index (χ1v) is 7.42. The van der Waals surface area contributed by atoms with Gasteiger partial charge in [-0.05, 0) is 25.5 Å². The van der Waals surface area contributed by atoms with Gasteiger partial charge < -0.3 is 20.1 Å². The van der Waals surface area contributed by atoms with Gasteiger partial charge in [0.15, 0.2) is 5.96 Å². The highest BCUT2D eigenvalue weighted by Gasteiger charge is 2.04. The molecule has 0 heterocycles. The van der Waals surface area contributed by atoms with Crippen LogP contribution in [0, 0.1) is 0 Å². The molecule has 0 spiro atoms. The Morgan fingerprint density at radius 3 is 2.76 bits per heavy atom. The van der Waals surface area contributed by atoms with Crippen LogP contribution < -0.4 is 15.4 Å². The Kier molecular flexibility index (Phi) is 8.62. The van der Waals surface area contributed by atoms with Gasteiger partial charge in [-0.3, -0.25) is 0 Å². The Labute approximate surface area is 131 Å². The standard InChI is InChI=1S/C15H24ClN3O2/c1-4-17-15(18-8-5-9-20-2)19-11-12-6-7-13(16)10-14(12)21-3/h6-7,10H,4-5,8-9,11H2,1-3H3,(H2,17,18,19). The molecule has 5 nitrogen and oxygen atoms in total. The summed E-state index contributed by atoms with van der Waals surface area (Å²) >= 11 is 5.95. The van der Waals surface area contributed by atoms with Crippen molar-refractivity contribution in [1.82, 2.24) is 10.6 Å². The van der Waals surface area contributed by atoms with E-state index in [0.717, 1.165) is 43.4 Å². The average molecular weight is 314 g/mol. The molecule has 0 unspecified atom stereocenters. The largest absolute Gasteiger partial charge is 0.496 e. The molecule has 0 fully saturated rings. The fourth-order valence-electron chi connectivity index (χ4n) is 1.78. The highest BCUT2D eigenvalue weighted by Crippen LogP contribution is 2.23. The summed E-state index contributed by atoms with van der Waals surface area (Å²) in [5.74, 6) is 1.53. The number of rotatable bonds is 8. The lowest BCUT2D eigenvalue weighted by Crippen LogP contribution is -2.38. The molecule has 0 radical (unpaired) electrons. The number of ether oxygens (including phenoxy) is 2.